The average molecular weight is 168 g/mol. The maximum Gasteiger partial charge on any atom is 0.169 e. The topological polar surface area (TPSA) is 17.1 Å². The van der Waals surface area contributed by atoms with E-state index in [0.29, 0.717) is 0 Å². The standard InChI is InChI=1S/C9H12OS/c1-3-4-8-5-9(7(2)10)11-6-8/h5-6H,3-4H2,1-2H3. The Hall–Kier alpha value is -0.630. The molecule has 0 amide bonds. The van der Waals surface area contributed by atoms with E-state index in [0.717, 1.165) is 17.7 Å². The predicted molar refractivity (Wildman–Crippen MR) is 48.3 cm³/mol. The van der Waals surface area contributed by atoms with E-state index < -0.39 is 0 Å². The van der Waals surface area contributed by atoms with E-state index in [1.807, 2.05) is 6.07 Å². The van der Waals surface area contributed by atoms with Crippen molar-refractivity contribution in [2.24, 2.45) is 0 Å². The monoisotopic (exact) mass is 168 g/mol. The van der Waals surface area contributed by atoms with E-state index >= 15 is 0 Å². The van der Waals surface area contributed by atoms with Crippen molar-refractivity contribution in [3.8, 4) is 0 Å². The lowest BCUT2D eigenvalue weighted by molar-refractivity contribution is 0.102. The zero-order valence-corrected chi connectivity index (χ0v) is 7.70. The van der Waals surface area contributed by atoms with E-state index in [4.69, 9.17) is 0 Å². The summed E-state index contributed by atoms with van der Waals surface area (Å²) in [5.74, 6) is 0.178. The Labute approximate surface area is 71.1 Å². The second-order valence-electron chi connectivity index (χ2n) is 2.63. The lowest BCUT2D eigenvalue weighted by atomic mass is 10.2. The van der Waals surface area contributed by atoms with Crippen LogP contribution in [0.3, 0.4) is 0 Å². The first kappa shape index (κ1) is 8.47. The van der Waals surface area contributed by atoms with Gasteiger partial charge in [-0.3, -0.25) is 4.79 Å². The lowest BCUT2D eigenvalue weighted by Crippen LogP contribution is -1.85. The predicted octanol–water partition coefficient (Wildman–Crippen LogP) is 2.90. The molecular formula is C9H12OS. The largest absolute Gasteiger partial charge is 0.294 e. The summed E-state index contributed by atoms with van der Waals surface area (Å²) in [6.45, 7) is 3.76. The normalized spacial score (nSPS) is 10.0. The van der Waals surface area contributed by atoms with Crippen LogP contribution in [0.1, 0.15) is 35.5 Å². The van der Waals surface area contributed by atoms with Crippen LogP contribution in [0.2, 0.25) is 0 Å². The molecule has 0 bridgehead atoms. The van der Waals surface area contributed by atoms with Gasteiger partial charge in [-0.2, -0.15) is 0 Å². The number of rotatable bonds is 3. The fourth-order valence-electron chi connectivity index (χ4n) is 0.980. The van der Waals surface area contributed by atoms with Crippen LogP contribution in [-0.2, 0) is 6.42 Å². The van der Waals surface area contributed by atoms with E-state index in [2.05, 4.69) is 12.3 Å². The number of hydrogen-bond donors (Lipinski definition) is 0. The van der Waals surface area contributed by atoms with Gasteiger partial charge in [0, 0.05) is 0 Å². The van der Waals surface area contributed by atoms with Crippen molar-refractivity contribution < 1.29 is 4.79 Å². The zero-order valence-electron chi connectivity index (χ0n) is 6.89. The SMILES string of the molecule is CCCc1csc(C(C)=O)c1. The molecule has 1 heterocycles. The Morgan fingerprint density at radius 1 is 1.64 bits per heavy atom. The van der Waals surface area contributed by atoms with Crippen LogP contribution in [0.5, 0.6) is 0 Å². The van der Waals surface area contributed by atoms with Crippen molar-refractivity contribution in [1.29, 1.82) is 0 Å². The summed E-state index contributed by atoms with van der Waals surface area (Å²) in [5, 5.41) is 2.07. The van der Waals surface area contributed by atoms with Gasteiger partial charge in [0.15, 0.2) is 5.78 Å². The fourth-order valence-corrected chi connectivity index (χ4v) is 1.83. The highest BCUT2D eigenvalue weighted by Crippen LogP contribution is 2.16. The highest BCUT2D eigenvalue weighted by Gasteiger charge is 2.02. The van der Waals surface area contributed by atoms with Crippen LogP contribution >= 0.6 is 11.3 Å². The number of Topliss-reactive ketones (excluding diaryl/α,β-unsaturated/α-hetero) is 1. The summed E-state index contributed by atoms with van der Waals surface area (Å²) in [6, 6.07) is 2.00. The fraction of sp³-hybridized carbons (Fsp3) is 0.444. The van der Waals surface area contributed by atoms with Gasteiger partial charge >= 0.3 is 0 Å². The molecule has 1 aromatic rings. The molecule has 0 fully saturated rings. The molecule has 0 N–H and O–H groups in total. The van der Waals surface area contributed by atoms with Gasteiger partial charge in [-0.15, -0.1) is 11.3 Å². The van der Waals surface area contributed by atoms with Gasteiger partial charge in [0.25, 0.3) is 0 Å². The van der Waals surface area contributed by atoms with E-state index in [9.17, 15) is 4.79 Å². The molecule has 11 heavy (non-hydrogen) atoms. The number of carbonyl (C=O) groups is 1. The quantitative estimate of drug-likeness (QED) is 0.634. The van der Waals surface area contributed by atoms with Gasteiger partial charge in [0.1, 0.15) is 0 Å². The van der Waals surface area contributed by atoms with Gasteiger partial charge in [0.05, 0.1) is 4.88 Å². The average Bonchev–Trinajstić information content (AvgIpc) is 2.37. The maximum atomic E-state index is 10.9. The van der Waals surface area contributed by atoms with Crippen LogP contribution in [0.4, 0.5) is 0 Å². The van der Waals surface area contributed by atoms with E-state index in [1.165, 1.54) is 5.56 Å². The third kappa shape index (κ3) is 2.15. The first-order chi connectivity index (χ1) is 5.24. The lowest BCUT2D eigenvalue weighted by Gasteiger charge is -1.87. The smallest absolute Gasteiger partial charge is 0.169 e. The van der Waals surface area contributed by atoms with Crippen molar-refractivity contribution >= 4 is 17.1 Å². The van der Waals surface area contributed by atoms with Gasteiger partial charge < -0.3 is 0 Å². The Balaban J connectivity index is 2.73. The van der Waals surface area contributed by atoms with Crippen LogP contribution in [0, 0.1) is 0 Å². The van der Waals surface area contributed by atoms with Gasteiger partial charge in [-0.25, -0.2) is 0 Å². The van der Waals surface area contributed by atoms with Crippen LogP contribution in [0.25, 0.3) is 0 Å². The van der Waals surface area contributed by atoms with E-state index in [1.54, 1.807) is 18.3 Å². The summed E-state index contributed by atoms with van der Waals surface area (Å²) >= 11 is 1.55. The van der Waals surface area contributed by atoms with Crippen LogP contribution < -0.4 is 0 Å². The summed E-state index contributed by atoms with van der Waals surface area (Å²) in [5.41, 5.74) is 1.29. The summed E-state index contributed by atoms with van der Waals surface area (Å²) in [6.07, 6.45) is 2.23. The highest BCUT2D eigenvalue weighted by molar-refractivity contribution is 7.12. The molecule has 0 spiro atoms. The molecule has 1 nitrogen and oxygen atoms in total. The van der Waals surface area contributed by atoms with E-state index in [-0.39, 0.29) is 5.78 Å². The van der Waals surface area contributed by atoms with Crippen LogP contribution in [-0.4, -0.2) is 5.78 Å². The molecule has 0 aromatic carbocycles. The maximum absolute atomic E-state index is 10.9. The molecule has 0 aliphatic carbocycles. The summed E-state index contributed by atoms with van der Waals surface area (Å²) < 4.78 is 0. The second kappa shape index (κ2) is 3.67. The first-order valence-corrected chi connectivity index (χ1v) is 4.70. The van der Waals surface area contributed by atoms with Gasteiger partial charge in [-0.1, -0.05) is 13.3 Å². The van der Waals surface area contributed by atoms with Crippen molar-refractivity contribution in [2.45, 2.75) is 26.7 Å². The highest BCUT2D eigenvalue weighted by atomic mass is 32.1. The minimum atomic E-state index is 0.178. The molecule has 0 saturated heterocycles. The number of thiophene rings is 1. The molecule has 0 atom stereocenters. The minimum Gasteiger partial charge on any atom is -0.294 e. The summed E-state index contributed by atoms with van der Waals surface area (Å²) in [4.78, 5) is 11.8. The molecule has 60 valence electrons. The van der Waals surface area contributed by atoms with Crippen molar-refractivity contribution in [2.75, 3.05) is 0 Å². The number of hydrogen-bond acceptors (Lipinski definition) is 2. The number of aryl methyl sites for hydroxylation is 1. The molecule has 0 aliphatic rings. The summed E-state index contributed by atoms with van der Waals surface area (Å²) in [7, 11) is 0. The van der Waals surface area contributed by atoms with Gasteiger partial charge in [0.2, 0.25) is 0 Å². The third-order valence-electron chi connectivity index (χ3n) is 1.54. The van der Waals surface area contributed by atoms with Crippen molar-refractivity contribution in [1.82, 2.24) is 0 Å². The molecule has 0 unspecified atom stereocenters. The number of carbonyl (C=O) groups excluding carboxylic acids is 1. The molecule has 1 rings (SSSR count). The Kier molecular flexibility index (Phi) is 2.83. The molecule has 0 saturated carbocycles. The second-order valence-corrected chi connectivity index (χ2v) is 3.54. The Bertz CT molecular complexity index is 250. The minimum absolute atomic E-state index is 0.178. The van der Waals surface area contributed by atoms with Crippen LogP contribution in [0.15, 0.2) is 11.4 Å². The Morgan fingerprint density at radius 2 is 2.36 bits per heavy atom. The third-order valence-corrected chi connectivity index (χ3v) is 2.62. The van der Waals surface area contributed by atoms with Gasteiger partial charge in [-0.05, 0) is 30.4 Å². The molecule has 2 heteroatoms. The van der Waals surface area contributed by atoms with Crippen molar-refractivity contribution in [3.63, 3.8) is 0 Å². The zero-order chi connectivity index (χ0) is 8.27. The molecular weight excluding hydrogens is 156 g/mol. The molecule has 1 aromatic heterocycles. The molecule has 0 radical (unpaired) electrons. The van der Waals surface area contributed by atoms with Crippen molar-refractivity contribution in [3.05, 3.63) is 21.9 Å². The molecule has 0 aliphatic heterocycles. The number of ketones is 1. The Morgan fingerprint density at radius 3 is 2.82 bits per heavy atom. The first-order valence-electron chi connectivity index (χ1n) is 3.82.